The van der Waals surface area contributed by atoms with Crippen LogP contribution in [0.2, 0.25) is 0 Å². The van der Waals surface area contributed by atoms with Gasteiger partial charge in [0.25, 0.3) is 5.91 Å². The van der Waals surface area contributed by atoms with Gasteiger partial charge in [-0.1, -0.05) is 18.2 Å². The van der Waals surface area contributed by atoms with Crippen LogP contribution in [-0.2, 0) is 0 Å². The maximum Gasteiger partial charge on any atom is 0.256 e. The average Bonchev–Trinajstić information content (AvgIpc) is 2.65. The summed E-state index contributed by atoms with van der Waals surface area (Å²) >= 11 is 0. The normalized spacial score (nSPS) is 21.8. The van der Waals surface area contributed by atoms with Crippen molar-refractivity contribution in [3.63, 3.8) is 0 Å². The van der Waals surface area contributed by atoms with E-state index in [0.717, 1.165) is 62.0 Å². The van der Waals surface area contributed by atoms with Crippen molar-refractivity contribution in [1.82, 2.24) is 19.7 Å². The summed E-state index contributed by atoms with van der Waals surface area (Å²) < 4.78 is 0. The molecule has 0 atom stereocenters. The third-order valence-electron chi connectivity index (χ3n) is 6.07. The summed E-state index contributed by atoms with van der Waals surface area (Å²) in [7, 11) is 4.40. The Labute approximate surface area is 149 Å². The molecule has 0 radical (unpaired) electrons. The number of carbonyl (C=O) groups excluding carboxylic acids is 1. The molecule has 0 bridgehead atoms. The lowest BCUT2D eigenvalue weighted by Crippen LogP contribution is -2.65. The second kappa shape index (κ2) is 6.39. The maximum atomic E-state index is 13.3. The van der Waals surface area contributed by atoms with Gasteiger partial charge in [0.2, 0.25) is 0 Å². The number of carbonyl (C=O) groups is 1. The molecule has 3 heterocycles. The molecule has 0 N–H and O–H groups in total. The largest absolute Gasteiger partial charge is 0.335 e. The minimum absolute atomic E-state index is 0.121. The molecule has 2 aliphatic rings. The van der Waals surface area contributed by atoms with Crippen LogP contribution in [0.1, 0.15) is 23.2 Å². The lowest BCUT2D eigenvalue weighted by Gasteiger charge is -2.52. The molecular formula is C20H26N4O. The quantitative estimate of drug-likeness (QED) is 0.798. The van der Waals surface area contributed by atoms with Crippen LogP contribution in [0.15, 0.2) is 36.5 Å². The van der Waals surface area contributed by atoms with Gasteiger partial charge in [0.15, 0.2) is 0 Å². The van der Waals surface area contributed by atoms with E-state index in [1.807, 2.05) is 30.3 Å². The molecule has 0 saturated carbocycles. The molecule has 0 aliphatic carbocycles. The van der Waals surface area contributed by atoms with Gasteiger partial charge in [-0.2, -0.15) is 0 Å². The van der Waals surface area contributed by atoms with E-state index in [-0.39, 0.29) is 11.4 Å². The summed E-state index contributed by atoms with van der Waals surface area (Å²) in [6.07, 6.45) is 4.01. The fourth-order valence-electron chi connectivity index (χ4n) is 4.26. The Hall–Kier alpha value is -1.98. The monoisotopic (exact) mass is 338 g/mol. The second-order valence-corrected chi connectivity index (χ2v) is 7.56. The highest BCUT2D eigenvalue weighted by Gasteiger charge is 2.43. The first-order chi connectivity index (χ1) is 12.1. The number of hydrogen-bond acceptors (Lipinski definition) is 4. The lowest BCUT2D eigenvalue weighted by molar-refractivity contribution is -0.0169. The van der Waals surface area contributed by atoms with E-state index in [1.165, 1.54) is 0 Å². The van der Waals surface area contributed by atoms with Crippen LogP contribution >= 0.6 is 0 Å². The minimum Gasteiger partial charge on any atom is -0.335 e. The van der Waals surface area contributed by atoms with Crippen molar-refractivity contribution < 1.29 is 4.79 Å². The van der Waals surface area contributed by atoms with Crippen LogP contribution in [-0.4, -0.2) is 77.9 Å². The van der Waals surface area contributed by atoms with Crippen molar-refractivity contribution in [3.8, 4) is 0 Å². The predicted molar refractivity (Wildman–Crippen MR) is 99.7 cm³/mol. The summed E-state index contributed by atoms with van der Waals surface area (Å²) in [6, 6.07) is 9.82. The van der Waals surface area contributed by atoms with Crippen LogP contribution in [0.25, 0.3) is 10.9 Å². The lowest BCUT2D eigenvalue weighted by atomic mass is 9.83. The topological polar surface area (TPSA) is 39.7 Å². The van der Waals surface area contributed by atoms with Gasteiger partial charge in [0.1, 0.15) is 0 Å². The zero-order chi connectivity index (χ0) is 17.4. The van der Waals surface area contributed by atoms with Gasteiger partial charge < -0.3 is 9.80 Å². The number of pyridine rings is 1. The van der Waals surface area contributed by atoms with Crippen LogP contribution in [0.4, 0.5) is 0 Å². The highest BCUT2D eigenvalue weighted by molar-refractivity contribution is 6.05. The number of nitrogens with zero attached hydrogens (tertiary/aromatic N) is 4. The van der Waals surface area contributed by atoms with Crippen molar-refractivity contribution in [3.05, 3.63) is 42.1 Å². The second-order valence-electron chi connectivity index (χ2n) is 7.56. The van der Waals surface area contributed by atoms with Crippen molar-refractivity contribution in [2.45, 2.75) is 18.4 Å². The van der Waals surface area contributed by atoms with Crippen LogP contribution in [0, 0.1) is 0 Å². The molecule has 2 aromatic rings. The number of para-hydroxylation sites is 1. The standard InChI is InChI=1S/C20H26N4O/c1-22-11-8-20(9-12-22)15-24(14-13-23(20)2)19(25)17-7-3-5-16-6-4-10-21-18(16)17/h3-7,10H,8-9,11-15H2,1-2H3. The van der Waals surface area contributed by atoms with E-state index in [0.29, 0.717) is 0 Å². The third-order valence-corrected chi connectivity index (χ3v) is 6.07. The van der Waals surface area contributed by atoms with Gasteiger partial charge in [0, 0.05) is 36.8 Å². The number of likely N-dealkylation sites (tertiary alicyclic amines) is 1. The Kier molecular flexibility index (Phi) is 4.21. The summed E-state index contributed by atoms with van der Waals surface area (Å²) in [6.45, 7) is 4.74. The molecule has 0 unspecified atom stereocenters. The van der Waals surface area contributed by atoms with E-state index in [2.05, 4.69) is 33.8 Å². The third kappa shape index (κ3) is 2.92. The smallest absolute Gasteiger partial charge is 0.256 e. The number of rotatable bonds is 1. The molecule has 1 amide bonds. The Morgan fingerprint density at radius 2 is 1.80 bits per heavy atom. The summed E-state index contributed by atoms with van der Waals surface area (Å²) in [4.78, 5) is 24.6. The molecule has 1 aromatic heterocycles. The fraction of sp³-hybridized carbons (Fsp3) is 0.500. The molecule has 1 aromatic carbocycles. The summed E-state index contributed by atoms with van der Waals surface area (Å²) in [5, 5.41) is 1.02. The molecule has 1 spiro atoms. The van der Waals surface area contributed by atoms with Crippen LogP contribution in [0.3, 0.4) is 0 Å². The van der Waals surface area contributed by atoms with E-state index in [9.17, 15) is 4.79 Å². The average molecular weight is 338 g/mol. The SMILES string of the molecule is CN1CCC2(CC1)CN(C(=O)c1cccc3cccnc13)CCN2C. The number of piperazine rings is 1. The highest BCUT2D eigenvalue weighted by Crippen LogP contribution is 2.32. The maximum absolute atomic E-state index is 13.3. The van der Waals surface area contributed by atoms with E-state index in [1.54, 1.807) is 6.20 Å². The Morgan fingerprint density at radius 3 is 2.60 bits per heavy atom. The molecular weight excluding hydrogens is 312 g/mol. The number of fused-ring (bicyclic) bond motifs is 1. The van der Waals surface area contributed by atoms with E-state index in [4.69, 9.17) is 0 Å². The van der Waals surface area contributed by atoms with Gasteiger partial charge in [0.05, 0.1) is 11.1 Å². The minimum atomic E-state index is 0.121. The van der Waals surface area contributed by atoms with Crippen molar-refractivity contribution >= 4 is 16.8 Å². The number of amides is 1. The molecule has 25 heavy (non-hydrogen) atoms. The molecule has 4 rings (SSSR count). The Bertz CT molecular complexity index is 777. The van der Waals surface area contributed by atoms with Crippen molar-refractivity contribution in [1.29, 1.82) is 0 Å². The predicted octanol–water partition coefficient (Wildman–Crippen LogP) is 2.09. The zero-order valence-electron chi connectivity index (χ0n) is 15.1. The van der Waals surface area contributed by atoms with Gasteiger partial charge in [-0.25, -0.2) is 0 Å². The van der Waals surface area contributed by atoms with Gasteiger partial charge in [-0.05, 0) is 52.2 Å². The number of likely N-dealkylation sites (N-methyl/N-ethyl adjacent to an activating group) is 1. The van der Waals surface area contributed by atoms with E-state index < -0.39 is 0 Å². The Morgan fingerprint density at radius 1 is 1.04 bits per heavy atom. The number of hydrogen-bond donors (Lipinski definition) is 0. The van der Waals surface area contributed by atoms with Crippen LogP contribution < -0.4 is 0 Å². The van der Waals surface area contributed by atoms with Gasteiger partial charge in [-0.15, -0.1) is 0 Å². The molecule has 2 aliphatic heterocycles. The van der Waals surface area contributed by atoms with Crippen molar-refractivity contribution in [2.24, 2.45) is 0 Å². The molecule has 5 heteroatoms. The molecule has 5 nitrogen and oxygen atoms in total. The van der Waals surface area contributed by atoms with Gasteiger partial charge >= 0.3 is 0 Å². The van der Waals surface area contributed by atoms with E-state index >= 15 is 0 Å². The molecule has 2 saturated heterocycles. The summed E-state index contributed by atoms with van der Waals surface area (Å²) in [5.41, 5.74) is 1.66. The number of benzene rings is 1. The Balaban J connectivity index is 1.62. The highest BCUT2D eigenvalue weighted by atomic mass is 16.2. The van der Waals surface area contributed by atoms with Crippen molar-refractivity contribution in [2.75, 3.05) is 46.8 Å². The number of aromatic nitrogens is 1. The molecule has 132 valence electrons. The first kappa shape index (κ1) is 16.5. The zero-order valence-corrected chi connectivity index (χ0v) is 15.1. The first-order valence-electron chi connectivity index (χ1n) is 9.12. The molecule has 2 fully saturated rings. The van der Waals surface area contributed by atoms with Gasteiger partial charge in [-0.3, -0.25) is 14.7 Å². The summed E-state index contributed by atoms with van der Waals surface area (Å²) in [5.74, 6) is 0.121. The first-order valence-corrected chi connectivity index (χ1v) is 9.12. The number of piperidine rings is 1. The fourth-order valence-corrected chi connectivity index (χ4v) is 4.26. The van der Waals surface area contributed by atoms with Crippen LogP contribution in [0.5, 0.6) is 0 Å².